The molecule has 1 atom stereocenters. The van der Waals surface area contributed by atoms with E-state index in [2.05, 4.69) is 0 Å². The van der Waals surface area contributed by atoms with Crippen molar-refractivity contribution in [1.29, 1.82) is 0 Å². The predicted molar refractivity (Wildman–Crippen MR) is 84.8 cm³/mol. The number of esters is 1. The molecule has 0 bridgehead atoms. The third-order valence-corrected chi connectivity index (χ3v) is 3.35. The summed E-state index contributed by atoms with van der Waals surface area (Å²) in [5.74, 6) is 0.184. The Bertz CT molecular complexity index is 642. The van der Waals surface area contributed by atoms with Gasteiger partial charge >= 0.3 is 5.97 Å². The van der Waals surface area contributed by atoms with Crippen LogP contribution in [0.15, 0.2) is 36.4 Å². The number of hydrogen-bond donors (Lipinski definition) is 2. The molecule has 0 heterocycles. The minimum Gasteiger partial charge on any atom is -0.482 e. The number of carbonyl (C=O) groups is 1. The van der Waals surface area contributed by atoms with Crippen LogP contribution in [-0.4, -0.2) is 36.9 Å². The molecule has 22 heavy (non-hydrogen) atoms. The molecule has 0 saturated heterocycles. The second kappa shape index (κ2) is 7.77. The summed E-state index contributed by atoms with van der Waals surface area (Å²) in [5, 5.41) is 11.3. The smallest absolute Gasteiger partial charge is 0.344 e. The van der Waals surface area contributed by atoms with E-state index in [4.69, 9.17) is 15.2 Å². The quantitative estimate of drug-likeness (QED) is 0.760. The van der Waals surface area contributed by atoms with Gasteiger partial charge < -0.3 is 20.3 Å². The van der Waals surface area contributed by atoms with Crippen molar-refractivity contribution in [2.75, 3.05) is 19.8 Å². The molecule has 118 valence electrons. The molecular formula is C17H21NO4. The highest BCUT2D eigenvalue weighted by atomic mass is 16.6. The normalized spacial score (nSPS) is 12.1. The van der Waals surface area contributed by atoms with Crippen LogP contribution in [0.4, 0.5) is 0 Å². The summed E-state index contributed by atoms with van der Waals surface area (Å²) in [4.78, 5) is 11.5. The molecule has 2 rings (SSSR count). The fourth-order valence-electron chi connectivity index (χ4n) is 2.33. The first-order valence-corrected chi connectivity index (χ1v) is 7.31. The summed E-state index contributed by atoms with van der Waals surface area (Å²) in [5.41, 5.74) is 6.76. The van der Waals surface area contributed by atoms with Crippen molar-refractivity contribution < 1.29 is 19.4 Å². The van der Waals surface area contributed by atoms with Gasteiger partial charge in [0.25, 0.3) is 0 Å². The molecule has 0 aliphatic carbocycles. The highest BCUT2D eigenvalue weighted by molar-refractivity contribution is 5.88. The number of hydrogen-bond acceptors (Lipinski definition) is 5. The minimum absolute atomic E-state index is 0.111. The van der Waals surface area contributed by atoms with Gasteiger partial charge in [-0.15, -0.1) is 0 Å². The SMILES string of the molecule is CCOC(=O)COc1ccc2ccccc2c1CC(N)CO. The molecule has 0 aliphatic heterocycles. The molecule has 1 unspecified atom stereocenters. The van der Waals surface area contributed by atoms with Crippen molar-refractivity contribution in [2.45, 2.75) is 19.4 Å². The molecule has 5 nitrogen and oxygen atoms in total. The van der Waals surface area contributed by atoms with Crippen LogP contribution in [0.1, 0.15) is 12.5 Å². The van der Waals surface area contributed by atoms with E-state index < -0.39 is 5.97 Å². The molecule has 0 amide bonds. The molecule has 0 aliphatic rings. The van der Waals surface area contributed by atoms with Crippen molar-refractivity contribution in [1.82, 2.24) is 0 Å². The zero-order valence-electron chi connectivity index (χ0n) is 12.6. The molecule has 0 fully saturated rings. The summed E-state index contributed by atoms with van der Waals surface area (Å²) in [6.07, 6.45) is 0.468. The Hall–Kier alpha value is -2.11. The molecule has 0 radical (unpaired) electrons. The molecule has 5 heteroatoms. The van der Waals surface area contributed by atoms with Gasteiger partial charge in [0.15, 0.2) is 6.61 Å². The van der Waals surface area contributed by atoms with E-state index in [0.717, 1.165) is 16.3 Å². The Morgan fingerprint density at radius 2 is 2.05 bits per heavy atom. The second-order valence-corrected chi connectivity index (χ2v) is 5.00. The lowest BCUT2D eigenvalue weighted by atomic mass is 9.98. The first-order valence-electron chi connectivity index (χ1n) is 7.31. The van der Waals surface area contributed by atoms with E-state index in [-0.39, 0.29) is 19.3 Å². The van der Waals surface area contributed by atoms with Gasteiger partial charge in [-0.25, -0.2) is 4.79 Å². The summed E-state index contributed by atoms with van der Waals surface area (Å²) >= 11 is 0. The number of rotatable bonds is 7. The highest BCUT2D eigenvalue weighted by Crippen LogP contribution is 2.29. The Kier molecular flexibility index (Phi) is 5.75. The lowest BCUT2D eigenvalue weighted by Crippen LogP contribution is -2.27. The maximum absolute atomic E-state index is 11.5. The number of ether oxygens (including phenoxy) is 2. The fourth-order valence-corrected chi connectivity index (χ4v) is 2.33. The number of benzene rings is 2. The highest BCUT2D eigenvalue weighted by Gasteiger charge is 2.14. The number of aliphatic hydroxyl groups is 1. The van der Waals surface area contributed by atoms with Crippen LogP contribution in [-0.2, 0) is 16.0 Å². The maximum Gasteiger partial charge on any atom is 0.344 e. The molecular weight excluding hydrogens is 282 g/mol. The van der Waals surface area contributed by atoms with Crippen LogP contribution in [0.5, 0.6) is 5.75 Å². The molecule has 2 aromatic rings. The average Bonchev–Trinajstić information content (AvgIpc) is 2.54. The van der Waals surface area contributed by atoms with Crippen molar-refractivity contribution in [3.63, 3.8) is 0 Å². The van der Waals surface area contributed by atoms with E-state index in [1.165, 1.54) is 0 Å². The summed E-state index contributed by atoms with van der Waals surface area (Å²) in [6.45, 7) is 1.82. The Morgan fingerprint density at radius 1 is 1.27 bits per heavy atom. The summed E-state index contributed by atoms with van der Waals surface area (Å²) in [7, 11) is 0. The largest absolute Gasteiger partial charge is 0.482 e. The Morgan fingerprint density at radius 3 is 2.77 bits per heavy atom. The monoisotopic (exact) mass is 303 g/mol. The van der Waals surface area contributed by atoms with Crippen LogP contribution in [0, 0.1) is 0 Å². The van der Waals surface area contributed by atoms with Crippen molar-refractivity contribution in [3.8, 4) is 5.75 Å². The number of fused-ring (bicyclic) bond motifs is 1. The van der Waals surface area contributed by atoms with E-state index >= 15 is 0 Å². The zero-order valence-corrected chi connectivity index (χ0v) is 12.6. The average molecular weight is 303 g/mol. The molecule has 0 saturated carbocycles. The van der Waals surface area contributed by atoms with Crippen LogP contribution in [0.25, 0.3) is 10.8 Å². The second-order valence-electron chi connectivity index (χ2n) is 5.00. The molecule has 3 N–H and O–H groups in total. The topological polar surface area (TPSA) is 81.8 Å². The van der Waals surface area contributed by atoms with E-state index in [0.29, 0.717) is 18.8 Å². The van der Waals surface area contributed by atoms with E-state index in [1.807, 2.05) is 36.4 Å². The van der Waals surface area contributed by atoms with Gasteiger partial charge in [-0.3, -0.25) is 0 Å². The number of carbonyl (C=O) groups excluding carboxylic acids is 1. The Balaban J connectivity index is 2.31. The lowest BCUT2D eigenvalue weighted by molar-refractivity contribution is -0.145. The molecule has 0 spiro atoms. The zero-order chi connectivity index (χ0) is 15.9. The van der Waals surface area contributed by atoms with E-state index in [1.54, 1.807) is 6.92 Å². The lowest BCUT2D eigenvalue weighted by Gasteiger charge is -2.16. The van der Waals surface area contributed by atoms with Crippen molar-refractivity contribution in [3.05, 3.63) is 42.0 Å². The minimum atomic E-state index is -0.409. The summed E-state index contributed by atoms with van der Waals surface area (Å²) in [6, 6.07) is 11.2. The van der Waals surface area contributed by atoms with Crippen molar-refractivity contribution >= 4 is 16.7 Å². The first-order chi connectivity index (χ1) is 10.7. The fraction of sp³-hybridized carbons (Fsp3) is 0.353. The Labute approximate surface area is 129 Å². The molecule has 2 aromatic carbocycles. The third kappa shape index (κ3) is 3.96. The van der Waals surface area contributed by atoms with Crippen LogP contribution in [0.2, 0.25) is 0 Å². The van der Waals surface area contributed by atoms with Gasteiger partial charge in [0.05, 0.1) is 13.2 Å². The number of nitrogens with two attached hydrogens (primary N) is 1. The van der Waals surface area contributed by atoms with Crippen LogP contribution in [0.3, 0.4) is 0 Å². The van der Waals surface area contributed by atoms with E-state index in [9.17, 15) is 9.90 Å². The van der Waals surface area contributed by atoms with Gasteiger partial charge in [-0.05, 0) is 30.2 Å². The van der Waals surface area contributed by atoms with Crippen LogP contribution >= 0.6 is 0 Å². The van der Waals surface area contributed by atoms with Crippen molar-refractivity contribution in [2.24, 2.45) is 5.73 Å². The maximum atomic E-state index is 11.5. The van der Waals surface area contributed by atoms with Gasteiger partial charge in [-0.1, -0.05) is 30.3 Å². The third-order valence-electron chi connectivity index (χ3n) is 3.35. The van der Waals surface area contributed by atoms with Gasteiger partial charge in [0.1, 0.15) is 5.75 Å². The van der Waals surface area contributed by atoms with Crippen LogP contribution < -0.4 is 10.5 Å². The van der Waals surface area contributed by atoms with Gasteiger partial charge in [-0.2, -0.15) is 0 Å². The first kappa shape index (κ1) is 16.3. The van der Waals surface area contributed by atoms with Gasteiger partial charge in [0.2, 0.25) is 0 Å². The predicted octanol–water partition coefficient (Wildman–Crippen LogP) is 1.64. The van der Waals surface area contributed by atoms with Gasteiger partial charge in [0, 0.05) is 11.6 Å². The standard InChI is InChI=1S/C17H21NO4/c1-2-21-17(20)11-22-16-8-7-12-5-3-4-6-14(12)15(16)9-13(18)10-19/h3-8,13,19H,2,9-11,18H2,1H3. The number of aliphatic hydroxyl groups excluding tert-OH is 1. The summed E-state index contributed by atoms with van der Waals surface area (Å²) < 4.78 is 10.5. The molecule has 0 aromatic heterocycles.